The number of nitrogens with one attached hydrogen (secondary N) is 1. The quantitative estimate of drug-likeness (QED) is 0.846. The Hall–Kier alpha value is 0.340. The number of rotatable bonds is 2. The summed E-state index contributed by atoms with van der Waals surface area (Å²) in [6.45, 7) is 6.92. The van der Waals surface area contributed by atoms with Crippen LogP contribution in [0.25, 0.3) is 0 Å². The van der Waals surface area contributed by atoms with Gasteiger partial charge < -0.3 is 5.32 Å². The van der Waals surface area contributed by atoms with Gasteiger partial charge in [-0.15, -0.1) is 23.7 Å². The summed E-state index contributed by atoms with van der Waals surface area (Å²) in [6, 6.07) is 2.07. The highest BCUT2D eigenvalue weighted by atomic mass is 79.9. The minimum Gasteiger partial charge on any atom is -0.309 e. The van der Waals surface area contributed by atoms with Gasteiger partial charge in [-0.25, -0.2) is 8.42 Å². The van der Waals surface area contributed by atoms with Crippen LogP contribution >= 0.6 is 39.7 Å². The van der Waals surface area contributed by atoms with E-state index in [4.69, 9.17) is 0 Å². The Morgan fingerprint density at radius 1 is 1.37 bits per heavy atom. The molecule has 0 spiro atoms. The van der Waals surface area contributed by atoms with E-state index >= 15 is 0 Å². The van der Waals surface area contributed by atoms with E-state index in [0.29, 0.717) is 18.0 Å². The van der Waals surface area contributed by atoms with Crippen LogP contribution in [-0.2, 0) is 10.0 Å². The van der Waals surface area contributed by atoms with Gasteiger partial charge in [0.15, 0.2) is 0 Å². The molecule has 0 aromatic carbocycles. The van der Waals surface area contributed by atoms with Crippen LogP contribution in [0.4, 0.5) is 0 Å². The molecule has 0 radical (unpaired) electrons. The van der Waals surface area contributed by atoms with E-state index in [1.807, 2.05) is 20.8 Å². The molecule has 1 saturated heterocycles. The van der Waals surface area contributed by atoms with Gasteiger partial charge in [0, 0.05) is 30.1 Å². The predicted molar refractivity (Wildman–Crippen MR) is 84.8 cm³/mol. The predicted octanol–water partition coefficient (Wildman–Crippen LogP) is 2.61. The highest BCUT2D eigenvalue weighted by Gasteiger charge is 2.32. The zero-order valence-corrected chi connectivity index (χ0v) is 15.0. The molecule has 4 nitrogen and oxygen atoms in total. The van der Waals surface area contributed by atoms with Crippen molar-refractivity contribution in [3.8, 4) is 0 Å². The normalized spacial score (nSPS) is 25.1. The molecular formula is C11H18BrClN2O2S2. The lowest BCUT2D eigenvalue weighted by Gasteiger charge is -2.35. The maximum Gasteiger partial charge on any atom is 0.244 e. The monoisotopic (exact) mass is 388 g/mol. The first-order valence-electron chi connectivity index (χ1n) is 5.83. The lowest BCUT2D eigenvalue weighted by molar-refractivity contribution is 0.263. The first kappa shape index (κ1) is 17.4. The van der Waals surface area contributed by atoms with E-state index in [0.717, 1.165) is 8.66 Å². The number of nitrogens with zero attached hydrogens (tertiary/aromatic N) is 1. The molecular weight excluding hydrogens is 372 g/mol. The third kappa shape index (κ3) is 3.71. The van der Waals surface area contributed by atoms with Crippen molar-refractivity contribution >= 4 is 49.7 Å². The molecule has 19 heavy (non-hydrogen) atoms. The zero-order chi connectivity index (χ0) is 13.5. The Balaban J connectivity index is 0.00000180. The summed E-state index contributed by atoms with van der Waals surface area (Å²) >= 11 is 4.80. The van der Waals surface area contributed by atoms with Gasteiger partial charge in [-0.3, -0.25) is 0 Å². The summed E-state index contributed by atoms with van der Waals surface area (Å²) in [4.78, 5) is 1.27. The van der Waals surface area contributed by atoms with E-state index in [-0.39, 0.29) is 24.5 Å². The largest absolute Gasteiger partial charge is 0.309 e. The average molecular weight is 390 g/mol. The summed E-state index contributed by atoms with van der Waals surface area (Å²) in [5, 5.41) is 3.34. The lowest BCUT2D eigenvalue weighted by atomic mass is 10.2. The Morgan fingerprint density at radius 2 is 1.89 bits per heavy atom. The van der Waals surface area contributed by atoms with E-state index in [1.165, 1.54) is 11.3 Å². The maximum absolute atomic E-state index is 12.6. The third-order valence-corrected chi connectivity index (χ3v) is 6.62. The van der Waals surface area contributed by atoms with Gasteiger partial charge in [-0.2, -0.15) is 4.31 Å². The van der Waals surface area contributed by atoms with Crippen LogP contribution in [0.5, 0.6) is 0 Å². The SMILES string of the molecule is Cc1sc(Br)cc1S(=O)(=O)N1CC(C)NC(C)C1.Cl. The molecule has 0 amide bonds. The molecule has 1 aliphatic heterocycles. The van der Waals surface area contributed by atoms with E-state index in [1.54, 1.807) is 10.4 Å². The summed E-state index contributed by atoms with van der Waals surface area (Å²) in [7, 11) is -3.36. The molecule has 2 heterocycles. The van der Waals surface area contributed by atoms with E-state index in [9.17, 15) is 8.42 Å². The summed E-state index contributed by atoms with van der Waals surface area (Å²) in [5.74, 6) is 0. The molecule has 2 unspecified atom stereocenters. The number of thiophene rings is 1. The summed E-state index contributed by atoms with van der Waals surface area (Å²) in [5.41, 5.74) is 0. The Bertz CT molecular complexity index is 537. The molecule has 1 fully saturated rings. The smallest absolute Gasteiger partial charge is 0.244 e. The van der Waals surface area contributed by atoms with Crippen molar-refractivity contribution in [2.45, 2.75) is 37.8 Å². The fourth-order valence-corrected chi connectivity index (χ4v) is 6.30. The number of hydrogen-bond acceptors (Lipinski definition) is 4. The molecule has 0 bridgehead atoms. The fourth-order valence-electron chi connectivity index (χ4n) is 2.30. The summed E-state index contributed by atoms with van der Waals surface area (Å²) in [6.07, 6.45) is 0. The minimum absolute atomic E-state index is 0. The van der Waals surface area contributed by atoms with Crippen molar-refractivity contribution in [3.63, 3.8) is 0 Å². The van der Waals surface area contributed by atoms with Gasteiger partial charge in [0.1, 0.15) is 0 Å². The Morgan fingerprint density at radius 3 is 2.32 bits per heavy atom. The lowest BCUT2D eigenvalue weighted by Crippen LogP contribution is -2.55. The fraction of sp³-hybridized carbons (Fsp3) is 0.636. The molecule has 0 aliphatic carbocycles. The second-order valence-electron chi connectivity index (χ2n) is 4.76. The Labute approximate surface area is 133 Å². The van der Waals surface area contributed by atoms with Gasteiger partial charge in [-0.05, 0) is 42.8 Å². The van der Waals surface area contributed by atoms with E-state index < -0.39 is 10.0 Å². The van der Waals surface area contributed by atoms with Crippen molar-refractivity contribution < 1.29 is 8.42 Å². The molecule has 1 aromatic rings. The molecule has 110 valence electrons. The standard InChI is InChI=1S/C11H17BrN2O2S2.ClH/c1-7-5-14(6-8(2)13-7)18(15,16)10-4-11(12)17-9(10)3;/h4,7-8,13H,5-6H2,1-3H3;1H. The van der Waals surface area contributed by atoms with Crippen molar-refractivity contribution in [1.82, 2.24) is 9.62 Å². The van der Waals surface area contributed by atoms with Crippen LogP contribution in [0.2, 0.25) is 0 Å². The van der Waals surface area contributed by atoms with Gasteiger partial charge >= 0.3 is 0 Å². The maximum atomic E-state index is 12.6. The molecule has 0 saturated carbocycles. The van der Waals surface area contributed by atoms with Crippen molar-refractivity contribution in [1.29, 1.82) is 0 Å². The molecule has 1 N–H and O–H groups in total. The second kappa shape index (κ2) is 6.41. The van der Waals surface area contributed by atoms with Crippen LogP contribution in [-0.4, -0.2) is 37.9 Å². The van der Waals surface area contributed by atoms with Crippen molar-refractivity contribution in [2.75, 3.05) is 13.1 Å². The van der Waals surface area contributed by atoms with Crippen LogP contribution in [0.3, 0.4) is 0 Å². The molecule has 8 heteroatoms. The molecule has 1 aromatic heterocycles. The number of hydrogen-bond donors (Lipinski definition) is 1. The van der Waals surface area contributed by atoms with Gasteiger partial charge in [0.25, 0.3) is 0 Å². The average Bonchev–Trinajstić information content (AvgIpc) is 2.57. The topological polar surface area (TPSA) is 49.4 Å². The first-order valence-corrected chi connectivity index (χ1v) is 8.88. The number of sulfonamides is 1. The molecule has 1 aliphatic rings. The summed E-state index contributed by atoms with van der Waals surface area (Å²) < 4.78 is 27.6. The zero-order valence-electron chi connectivity index (χ0n) is 11.0. The van der Waals surface area contributed by atoms with Crippen LogP contribution in [0.1, 0.15) is 18.7 Å². The second-order valence-corrected chi connectivity index (χ2v) is 9.30. The van der Waals surface area contributed by atoms with E-state index in [2.05, 4.69) is 21.2 Å². The van der Waals surface area contributed by atoms with Gasteiger partial charge in [-0.1, -0.05) is 0 Å². The highest BCUT2D eigenvalue weighted by Crippen LogP contribution is 2.32. The van der Waals surface area contributed by atoms with Crippen LogP contribution in [0, 0.1) is 6.92 Å². The highest BCUT2D eigenvalue weighted by molar-refractivity contribution is 9.11. The van der Waals surface area contributed by atoms with Gasteiger partial charge in [0.2, 0.25) is 10.0 Å². The molecule has 2 atom stereocenters. The minimum atomic E-state index is -3.36. The Kier molecular flexibility index (Phi) is 5.86. The number of piperazine rings is 1. The third-order valence-electron chi connectivity index (χ3n) is 2.98. The van der Waals surface area contributed by atoms with Crippen molar-refractivity contribution in [2.24, 2.45) is 0 Å². The van der Waals surface area contributed by atoms with Crippen molar-refractivity contribution in [3.05, 3.63) is 14.7 Å². The first-order chi connectivity index (χ1) is 8.30. The van der Waals surface area contributed by atoms with Crippen LogP contribution < -0.4 is 5.32 Å². The molecule has 2 rings (SSSR count). The number of aryl methyl sites for hydroxylation is 1. The number of halogens is 2. The van der Waals surface area contributed by atoms with Gasteiger partial charge in [0.05, 0.1) is 8.68 Å². The van der Waals surface area contributed by atoms with Crippen LogP contribution in [0.15, 0.2) is 14.7 Å².